The van der Waals surface area contributed by atoms with Crippen molar-refractivity contribution in [1.82, 2.24) is 5.32 Å². The zero-order valence-corrected chi connectivity index (χ0v) is 10.5. The first-order valence-corrected chi connectivity index (χ1v) is 5.73. The highest BCUT2D eigenvalue weighted by molar-refractivity contribution is 5.88. The third-order valence-corrected chi connectivity index (χ3v) is 2.30. The minimum Gasteiger partial charge on any atom is -0.481 e. The second-order valence-corrected chi connectivity index (χ2v) is 4.54. The maximum absolute atomic E-state index is 11.5. The molecule has 0 aliphatic carbocycles. The van der Waals surface area contributed by atoms with E-state index in [0.29, 0.717) is 0 Å². The van der Waals surface area contributed by atoms with Gasteiger partial charge in [0.2, 0.25) is 11.8 Å². The number of amides is 2. The topological polar surface area (TPSA) is 130 Å². The fourth-order valence-corrected chi connectivity index (χ4v) is 1.37. The number of carboxylic acids is 1. The molecule has 0 rings (SSSR count). The lowest BCUT2D eigenvalue weighted by molar-refractivity contribution is -0.138. The third-order valence-electron chi connectivity index (χ3n) is 2.30. The summed E-state index contributed by atoms with van der Waals surface area (Å²) in [5.74, 6) is -2.49. The Kier molecular flexibility index (Phi) is 6.96. The van der Waals surface area contributed by atoms with Gasteiger partial charge in [0, 0.05) is 6.42 Å². The predicted octanol–water partition coefficient (Wildman–Crippen LogP) is -0.772. The van der Waals surface area contributed by atoms with Crippen molar-refractivity contribution in [3.05, 3.63) is 0 Å². The molecule has 5 N–H and O–H groups in total. The quantitative estimate of drug-likeness (QED) is 0.455. The van der Waals surface area contributed by atoms with Crippen molar-refractivity contribution in [1.29, 1.82) is 0 Å². The molecule has 0 aromatic rings. The van der Waals surface area contributed by atoms with Gasteiger partial charge in [0.1, 0.15) is 12.1 Å². The Labute approximate surface area is 105 Å². The number of nitrogens with one attached hydrogen (secondary N) is 1. The lowest BCUT2D eigenvalue weighted by Gasteiger charge is -2.18. The Bertz CT molecular complexity index is 317. The second-order valence-electron chi connectivity index (χ2n) is 4.54. The molecule has 0 radical (unpaired) electrons. The fraction of sp³-hybridized carbons (Fsp3) is 0.727. The highest BCUT2D eigenvalue weighted by Gasteiger charge is 2.23. The summed E-state index contributed by atoms with van der Waals surface area (Å²) in [6.07, 6.45) is -1.34. The van der Waals surface area contributed by atoms with E-state index in [-0.39, 0.29) is 25.2 Å². The van der Waals surface area contributed by atoms with Crippen LogP contribution in [-0.2, 0) is 14.4 Å². The Morgan fingerprint density at radius 2 is 1.83 bits per heavy atom. The van der Waals surface area contributed by atoms with E-state index in [0.717, 1.165) is 0 Å². The molecular weight excluding hydrogens is 240 g/mol. The normalized spacial score (nSPS) is 14.0. The van der Waals surface area contributed by atoms with Crippen molar-refractivity contribution >= 4 is 17.8 Å². The van der Waals surface area contributed by atoms with E-state index in [1.165, 1.54) is 0 Å². The van der Waals surface area contributed by atoms with Crippen molar-refractivity contribution in [2.75, 3.05) is 0 Å². The number of carbonyl (C=O) groups is 3. The average Bonchev–Trinajstić information content (AvgIpc) is 2.21. The number of primary amides is 1. The van der Waals surface area contributed by atoms with E-state index in [2.05, 4.69) is 5.32 Å². The zero-order valence-electron chi connectivity index (χ0n) is 10.5. The van der Waals surface area contributed by atoms with Gasteiger partial charge >= 0.3 is 5.97 Å². The molecule has 0 aromatic carbocycles. The monoisotopic (exact) mass is 260 g/mol. The Balaban J connectivity index is 4.35. The molecule has 0 fully saturated rings. The van der Waals surface area contributed by atoms with Crippen molar-refractivity contribution in [2.45, 2.75) is 45.3 Å². The fourth-order valence-electron chi connectivity index (χ4n) is 1.37. The number of carboxylic acid groups (broad SMARTS) is 1. The molecule has 18 heavy (non-hydrogen) atoms. The number of aliphatic hydroxyl groups is 1. The number of aliphatic carboxylic acids is 1. The van der Waals surface area contributed by atoms with Crippen LogP contribution in [0.2, 0.25) is 0 Å². The van der Waals surface area contributed by atoms with Crippen LogP contribution in [0.5, 0.6) is 0 Å². The minimum atomic E-state index is -1.23. The summed E-state index contributed by atoms with van der Waals surface area (Å²) in [6, 6.07) is -1.07. The van der Waals surface area contributed by atoms with Gasteiger partial charge in [0.05, 0.1) is 0 Å². The first-order chi connectivity index (χ1) is 8.23. The molecule has 0 saturated carbocycles. The summed E-state index contributed by atoms with van der Waals surface area (Å²) in [4.78, 5) is 32.9. The first-order valence-electron chi connectivity index (χ1n) is 5.73. The highest BCUT2D eigenvalue weighted by Crippen LogP contribution is 2.05. The molecule has 2 atom stereocenters. The largest absolute Gasteiger partial charge is 0.481 e. The lowest BCUT2D eigenvalue weighted by Crippen LogP contribution is -2.48. The Morgan fingerprint density at radius 3 is 2.22 bits per heavy atom. The Hall–Kier alpha value is -1.63. The van der Waals surface area contributed by atoms with Crippen LogP contribution in [0.4, 0.5) is 0 Å². The molecule has 0 aliphatic rings. The third kappa shape index (κ3) is 6.85. The van der Waals surface area contributed by atoms with E-state index < -0.39 is 29.9 Å². The van der Waals surface area contributed by atoms with Gasteiger partial charge in [-0.25, -0.2) is 0 Å². The number of carbonyl (C=O) groups excluding carboxylic acids is 2. The molecule has 0 aromatic heterocycles. The maximum atomic E-state index is 11.5. The average molecular weight is 260 g/mol. The van der Waals surface area contributed by atoms with Crippen LogP contribution < -0.4 is 11.1 Å². The molecule has 0 aliphatic heterocycles. The lowest BCUT2D eigenvalue weighted by atomic mass is 10.0. The summed E-state index contributed by atoms with van der Waals surface area (Å²) in [7, 11) is 0. The summed E-state index contributed by atoms with van der Waals surface area (Å²) in [5, 5.41) is 20.3. The smallest absolute Gasteiger partial charge is 0.303 e. The van der Waals surface area contributed by atoms with E-state index in [1.807, 2.05) is 13.8 Å². The number of rotatable bonds is 8. The van der Waals surface area contributed by atoms with Gasteiger partial charge in [-0.2, -0.15) is 0 Å². The molecule has 0 spiro atoms. The number of hydrogen-bond donors (Lipinski definition) is 4. The number of aliphatic hydroxyl groups excluding tert-OH is 1. The van der Waals surface area contributed by atoms with Crippen LogP contribution in [0.3, 0.4) is 0 Å². The molecule has 104 valence electrons. The molecule has 2 amide bonds. The molecule has 0 heterocycles. The van der Waals surface area contributed by atoms with Crippen LogP contribution in [0, 0.1) is 5.92 Å². The van der Waals surface area contributed by atoms with Gasteiger partial charge in [-0.1, -0.05) is 13.8 Å². The summed E-state index contributed by atoms with van der Waals surface area (Å²) >= 11 is 0. The van der Waals surface area contributed by atoms with Crippen molar-refractivity contribution in [3.63, 3.8) is 0 Å². The molecular formula is C11H20N2O5. The van der Waals surface area contributed by atoms with Gasteiger partial charge in [0.25, 0.3) is 0 Å². The predicted molar refractivity (Wildman–Crippen MR) is 63.5 cm³/mol. The molecule has 7 nitrogen and oxygen atoms in total. The van der Waals surface area contributed by atoms with Gasteiger partial charge < -0.3 is 21.3 Å². The standard InChI is InChI=1S/C11H20N2O5/c1-6(2)5-8(14)11(18)13-7(10(12)17)3-4-9(15)16/h6-8,14H,3-5H2,1-2H3,(H2,12,17)(H,13,18)(H,15,16)/t7-,8-/m1/s1. The Morgan fingerprint density at radius 1 is 1.28 bits per heavy atom. The summed E-state index contributed by atoms with van der Waals surface area (Å²) < 4.78 is 0. The van der Waals surface area contributed by atoms with Crippen LogP contribution in [-0.4, -0.2) is 40.1 Å². The molecule has 0 unspecified atom stereocenters. The van der Waals surface area contributed by atoms with E-state index >= 15 is 0 Å². The van der Waals surface area contributed by atoms with Gasteiger partial charge in [0.15, 0.2) is 0 Å². The highest BCUT2D eigenvalue weighted by atomic mass is 16.4. The van der Waals surface area contributed by atoms with E-state index in [1.54, 1.807) is 0 Å². The molecule has 7 heteroatoms. The summed E-state index contributed by atoms with van der Waals surface area (Å²) in [6.45, 7) is 3.68. The van der Waals surface area contributed by atoms with E-state index in [9.17, 15) is 19.5 Å². The van der Waals surface area contributed by atoms with Crippen molar-refractivity contribution in [3.8, 4) is 0 Å². The van der Waals surface area contributed by atoms with E-state index in [4.69, 9.17) is 10.8 Å². The first kappa shape index (κ1) is 16.4. The summed E-state index contributed by atoms with van der Waals surface area (Å²) in [5.41, 5.74) is 5.04. The van der Waals surface area contributed by atoms with Crippen LogP contribution >= 0.6 is 0 Å². The van der Waals surface area contributed by atoms with Gasteiger partial charge in [-0.15, -0.1) is 0 Å². The zero-order chi connectivity index (χ0) is 14.3. The number of nitrogens with two attached hydrogens (primary N) is 1. The van der Waals surface area contributed by atoms with Crippen LogP contribution in [0.1, 0.15) is 33.1 Å². The van der Waals surface area contributed by atoms with Gasteiger partial charge in [-0.3, -0.25) is 14.4 Å². The van der Waals surface area contributed by atoms with Gasteiger partial charge in [-0.05, 0) is 18.8 Å². The van der Waals surface area contributed by atoms with Crippen molar-refractivity contribution in [2.24, 2.45) is 11.7 Å². The number of hydrogen-bond acceptors (Lipinski definition) is 4. The van der Waals surface area contributed by atoms with Crippen molar-refractivity contribution < 1.29 is 24.6 Å². The molecule has 0 bridgehead atoms. The van der Waals surface area contributed by atoms with Crippen LogP contribution in [0.15, 0.2) is 0 Å². The molecule has 0 saturated heterocycles. The second kappa shape index (κ2) is 7.65. The van der Waals surface area contributed by atoms with Crippen LogP contribution in [0.25, 0.3) is 0 Å². The SMILES string of the molecule is CC(C)C[C@@H](O)C(=O)N[C@H](CCC(=O)O)C(N)=O. The maximum Gasteiger partial charge on any atom is 0.303 e. The minimum absolute atomic E-state index is 0.0925.